The van der Waals surface area contributed by atoms with E-state index in [0.717, 1.165) is 0 Å². The highest BCUT2D eigenvalue weighted by Crippen LogP contribution is 2.46. The van der Waals surface area contributed by atoms with Crippen molar-refractivity contribution in [2.75, 3.05) is 6.61 Å². The first-order valence-electron chi connectivity index (χ1n) is 4.91. The molecule has 1 amide bonds. The van der Waals surface area contributed by atoms with E-state index < -0.39 is 24.7 Å². The summed E-state index contributed by atoms with van der Waals surface area (Å²) in [6, 6.07) is -0.177. The molecule has 0 saturated carbocycles. The number of cyclic esters (lactones) is 1. The van der Waals surface area contributed by atoms with Gasteiger partial charge < -0.3 is 15.2 Å². The summed E-state index contributed by atoms with van der Waals surface area (Å²) < 4.78 is 32.7. The van der Waals surface area contributed by atoms with E-state index in [-0.39, 0.29) is 15.8 Å². The lowest BCUT2D eigenvalue weighted by molar-refractivity contribution is -0.104. The molecule has 0 unspecified atom stereocenters. The summed E-state index contributed by atoms with van der Waals surface area (Å²) in [7, 11) is 0. The summed E-state index contributed by atoms with van der Waals surface area (Å²) in [4.78, 5) is 11.1. The number of nitrogens with one attached hydrogen (secondary N) is 1. The highest BCUT2D eigenvalue weighted by molar-refractivity contribution is 9.11. The maximum atomic E-state index is 13.8. The van der Waals surface area contributed by atoms with Crippen molar-refractivity contribution >= 4 is 53.9 Å². The monoisotopic (exact) mass is 463 g/mol. The first-order chi connectivity index (χ1) is 8.74. The second-order valence-corrected chi connectivity index (χ2v) is 6.33. The number of alkyl carbamates (subject to hydrolysis) is 1. The molecule has 1 saturated heterocycles. The molecule has 0 radical (unpaired) electrons. The number of alkyl halides is 2. The summed E-state index contributed by atoms with van der Waals surface area (Å²) in [6.07, 6.45) is -0.933. The molecule has 0 aromatic heterocycles. The van der Waals surface area contributed by atoms with Crippen molar-refractivity contribution in [3.05, 3.63) is 25.0 Å². The average molecular weight is 466 g/mol. The van der Waals surface area contributed by atoms with Crippen LogP contribution >= 0.6 is 47.8 Å². The van der Waals surface area contributed by atoms with Gasteiger partial charge in [-0.2, -0.15) is 0 Å². The molecular weight excluding hydrogens is 460 g/mol. The Balaban J connectivity index is 2.57. The van der Waals surface area contributed by atoms with Gasteiger partial charge in [-0.15, -0.1) is 0 Å². The smallest absolute Gasteiger partial charge is 0.408 e. The lowest BCUT2D eigenvalue weighted by Crippen LogP contribution is -2.49. The molecule has 1 heterocycles. The molecule has 0 aliphatic carbocycles. The van der Waals surface area contributed by atoms with Crippen LogP contribution in [0.15, 0.2) is 19.5 Å². The molecule has 1 aliphatic heterocycles. The van der Waals surface area contributed by atoms with Gasteiger partial charge in [0.15, 0.2) is 6.61 Å². The summed E-state index contributed by atoms with van der Waals surface area (Å²) in [5.74, 6) is -3.52. The quantitative estimate of drug-likeness (QED) is 0.656. The molecule has 1 aliphatic rings. The molecular formula is C10H6Br3F2NO3. The number of carbonyl (C=O) groups is 1. The fourth-order valence-electron chi connectivity index (χ4n) is 1.65. The Bertz CT molecular complexity index is 553. The van der Waals surface area contributed by atoms with Gasteiger partial charge in [0.2, 0.25) is 0 Å². The Morgan fingerprint density at radius 2 is 2.00 bits per heavy atom. The third-order valence-corrected chi connectivity index (χ3v) is 4.61. The minimum Gasteiger partial charge on any atom is -0.506 e. The number of benzene rings is 1. The molecule has 0 bridgehead atoms. The van der Waals surface area contributed by atoms with Crippen molar-refractivity contribution in [3.63, 3.8) is 0 Å². The Morgan fingerprint density at radius 1 is 1.37 bits per heavy atom. The predicted octanol–water partition coefficient (Wildman–Crippen LogP) is 4.10. The van der Waals surface area contributed by atoms with Crippen molar-refractivity contribution < 1.29 is 23.4 Å². The van der Waals surface area contributed by atoms with E-state index in [9.17, 15) is 18.7 Å². The first-order valence-corrected chi connectivity index (χ1v) is 7.29. The second kappa shape index (κ2) is 5.17. The molecule has 4 nitrogen and oxygen atoms in total. The van der Waals surface area contributed by atoms with Gasteiger partial charge in [-0.1, -0.05) is 15.9 Å². The van der Waals surface area contributed by atoms with E-state index in [1.54, 1.807) is 0 Å². The SMILES string of the molecule is O=C1N[C@@H](c2c(Br)cc(Br)c(O)c2Br)C(F)(F)CO1. The third kappa shape index (κ3) is 2.73. The van der Waals surface area contributed by atoms with Gasteiger partial charge >= 0.3 is 12.0 Å². The zero-order valence-electron chi connectivity index (χ0n) is 9.02. The number of amides is 1. The van der Waals surface area contributed by atoms with E-state index in [1.807, 2.05) is 0 Å². The van der Waals surface area contributed by atoms with Crippen molar-refractivity contribution in [3.8, 4) is 5.75 Å². The van der Waals surface area contributed by atoms with Gasteiger partial charge in [0.25, 0.3) is 0 Å². The van der Waals surface area contributed by atoms with E-state index >= 15 is 0 Å². The number of ether oxygens (including phenoxy) is 1. The highest BCUT2D eigenvalue weighted by Gasteiger charge is 2.48. The normalized spacial score (nSPS) is 21.7. The molecule has 1 aromatic carbocycles. The molecule has 2 rings (SSSR count). The summed E-state index contributed by atoms with van der Waals surface area (Å²) in [5, 5.41) is 11.8. The number of halogens is 5. The molecule has 1 aromatic rings. The second-order valence-electron chi connectivity index (χ2n) is 3.83. The van der Waals surface area contributed by atoms with Crippen molar-refractivity contribution in [2.24, 2.45) is 0 Å². The molecule has 19 heavy (non-hydrogen) atoms. The van der Waals surface area contributed by atoms with Crippen LogP contribution in [0.3, 0.4) is 0 Å². The largest absolute Gasteiger partial charge is 0.506 e. The molecule has 1 fully saturated rings. The third-order valence-electron chi connectivity index (χ3n) is 2.55. The summed E-state index contributed by atoms with van der Waals surface area (Å²) >= 11 is 9.28. The van der Waals surface area contributed by atoms with Crippen LogP contribution in [0.5, 0.6) is 5.75 Å². The number of aromatic hydroxyl groups is 1. The Kier molecular flexibility index (Phi) is 4.08. The first kappa shape index (κ1) is 15.0. The van der Waals surface area contributed by atoms with Crippen LogP contribution in [0.4, 0.5) is 13.6 Å². The Labute approximate surface area is 131 Å². The van der Waals surface area contributed by atoms with E-state index in [1.165, 1.54) is 6.07 Å². The van der Waals surface area contributed by atoms with Crippen LogP contribution in [-0.4, -0.2) is 23.7 Å². The van der Waals surface area contributed by atoms with Crippen LogP contribution in [0.25, 0.3) is 0 Å². The fourth-order valence-corrected chi connectivity index (χ4v) is 4.23. The van der Waals surface area contributed by atoms with Crippen LogP contribution < -0.4 is 5.32 Å². The average Bonchev–Trinajstić information content (AvgIpc) is 2.31. The molecule has 9 heteroatoms. The predicted molar refractivity (Wildman–Crippen MR) is 73.4 cm³/mol. The fraction of sp³-hybridized carbons (Fsp3) is 0.300. The number of rotatable bonds is 1. The molecule has 2 N–H and O–H groups in total. The minimum absolute atomic E-state index is 0.0438. The van der Waals surface area contributed by atoms with Crippen LogP contribution in [-0.2, 0) is 4.74 Å². The van der Waals surface area contributed by atoms with Gasteiger partial charge in [-0.3, -0.25) is 0 Å². The van der Waals surface area contributed by atoms with Crippen molar-refractivity contribution in [2.45, 2.75) is 12.0 Å². The number of hydrogen-bond acceptors (Lipinski definition) is 3. The molecule has 0 spiro atoms. The van der Waals surface area contributed by atoms with E-state index in [2.05, 4.69) is 57.8 Å². The minimum atomic E-state index is -3.29. The summed E-state index contributed by atoms with van der Waals surface area (Å²) in [6.45, 7) is -1.01. The van der Waals surface area contributed by atoms with Gasteiger partial charge in [0, 0.05) is 10.0 Å². The molecule has 1 atom stereocenters. The van der Waals surface area contributed by atoms with Gasteiger partial charge in [-0.05, 0) is 37.9 Å². The van der Waals surface area contributed by atoms with E-state index in [0.29, 0.717) is 8.95 Å². The highest BCUT2D eigenvalue weighted by atomic mass is 79.9. The van der Waals surface area contributed by atoms with Gasteiger partial charge in [-0.25, -0.2) is 13.6 Å². The van der Waals surface area contributed by atoms with Gasteiger partial charge in [0.05, 0.1) is 8.95 Å². The maximum Gasteiger partial charge on any atom is 0.408 e. The Morgan fingerprint density at radius 3 is 2.63 bits per heavy atom. The zero-order chi connectivity index (χ0) is 14.4. The lowest BCUT2D eigenvalue weighted by atomic mass is 10.00. The number of phenols is 1. The van der Waals surface area contributed by atoms with Crippen LogP contribution in [0, 0.1) is 0 Å². The van der Waals surface area contributed by atoms with Crippen molar-refractivity contribution in [1.29, 1.82) is 0 Å². The molecule has 104 valence electrons. The Hall–Kier alpha value is -0.410. The van der Waals surface area contributed by atoms with Gasteiger partial charge in [0.1, 0.15) is 11.8 Å². The number of phenolic OH excluding ortho intramolecular Hbond substituents is 1. The van der Waals surface area contributed by atoms with Crippen LogP contribution in [0.2, 0.25) is 0 Å². The van der Waals surface area contributed by atoms with E-state index in [4.69, 9.17) is 0 Å². The topological polar surface area (TPSA) is 58.6 Å². The zero-order valence-corrected chi connectivity index (χ0v) is 13.8. The summed E-state index contributed by atoms with van der Waals surface area (Å²) in [5.41, 5.74) is 0.0438. The van der Waals surface area contributed by atoms with Crippen LogP contribution in [0.1, 0.15) is 11.6 Å². The lowest BCUT2D eigenvalue weighted by Gasteiger charge is -2.33. The van der Waals surface area contributed by atoms with Crippen molar-refractivity contribution in [1.82, 2.24) is 5.32 Å². The number of hydrogen-bond donors (Lipinski definition) is 2. The number of carbonyl (C=O) groups excluding carboxylic acids is 1. The maximum absolute atomic E-state index is 13.8. The standard InChI is InChI=1S/C10H6Br3F2NO3/c11-3-1-4(12)7(17)6(13)5(3)8-10(14,15)2-19-9(18)16-8/h1,8,17H,2H2,(H,16,18)/t8-/m0/s1.